The van der Waals surface area contributed by atoms with Crippen LogP contribution >= 0.6 is 11.6 Å². The summed E-state index contributed by atoms with van der Waals surface area (Å²) in [6.07, 6.45) is 0. The summed E-state index contributed by atoms with van der Waals surface area (Å²) >= 11 is 5.79. The number of carbonyl (C=O) groups is 2. The Labute approximate surface area is 121 Å². The van der Waals surface area contributed by atoms with E-state index in [1.165, 1.54) is 18.2 Å². The molecule has 2 N–H and O–H groups in total. The number of carbonyl (C=O) groups excluding carboxylic acids is 1. The van der Waals surface area contributed by atoms with Crippen molar-refractivity contribution in [1.82, 2.24) is 0 Å². The number of amides is 1. The van der Waals surface area contributed by atoms with E-state index in [2.05, 4.69) is 5.32 Å². The fraction of sp³-hybridized carbons (Fsp3) is 0.385. The fourth-order valence-corrected chi connectivity index (χ4v) is 1.65. The molecule has 7 heteroatoms. The predicted octanol–water partition coefficient (Wildman–Crippen LogP) is 2.03. The second kappa shape index (κ2) is 8.52. The Hall–Kier alpha value is -1.63. The molecule has 0 saturated carbocycles. The lowest BCUT2D eigenvalue weighted by atomic mass is 10.2. The van der Waals surface area contributed by atoms with Crippen molar-refractivity contribution in [2.45, 2.75) is 6.92 Å². The summed E-state index contributed by atoms with van der Waals surface area (Å²) in [6, 6.07) is 4.17. The van der Waals surface area contributed by atoms with E-state index in [1.807, 2.05) is 6.92 Å². The molecular weight excluding hydrogens is 286 g/mol. The zero-order chi connectivity index (χ0) is 15.0. The van der Waals surface area contributed by atoms with E-state index in [9.17, 15) is 9.59 Å². The van der Waals surface area contributed by atoms with Crippen LogP contribution in [-0.2, 0) is 14.3 Å². The van der Waals surface area contributed by atoms with E-state index in [0.717, 1.165) is 0 Å². The number of hydrogen-bond acceptors (Lipinski definition) is 4. The van der Waals surface area contributed by atoms with E-state index in [1.54, 1.807) is 0 Å². The van der Waals surface area contributed by atoms with Gasteiger partial charge in [-0.15, -0.1) is 0 Å². The van der Waals surface area contributed by atoms with Crippen molar-refractivity contribution < 1.29 is 24.2 Å². The Kier molecular flexibility index (Phi) is 7.00. The number of carboxylic acid groups (broad SMARTS) is 1. The van der Waals surface area contributed by atoms with Gasteiger partial charge in [0.25, 0.3) is 0 Å². The summed E-state index contributed by atoms with van der Waals surface area (Å²) in [5, 5.41) is 11.4. The van der Waals surface area contributed by atoms with Crippen molar-refractivity contribution in [2.24, 2.45) is 0 Å². The summed E-state index contributed by atoms with van der Waals surface area (Å²) in [7, 11) is 0. The topological polar surface area (TPSA) is 84.9 Å². The molecule has 0 unspecified atom stereocenters. The van der Waals surface area contributed by atoms with Gasteiger partial charge in [-0.3, -0.25) is 4.79 Å². The first-order chi connectivity index (χ1) is 9.54. The van der Waals surface area contributed by atoms with Gasteiger partial charge in [0.15, 0.2) is 0 Å². The minimum absolute atomic E-state index is 0.0161. The van der Waals surface area contributed by atoms with Crippen LogP contribution in [0, 0.1) is 0 Å². The third-order valence-corrected chi connectivity index (χ3v) is 2.61. The lowest BCUT2D eigenvalue weighted by molar-refractivity contribution is -0.121. The highest BCUT2D eigenvalue weighted by Crippen LogP contribution is 2.20. The molecular formula is C13H16ClNO5. The van der Waals surface area contributed by atoms with E-state index < -0.39 is 5.97 Å². The number of aromatic carboxylic acids is 1. The molecule has 0 radical (unpaired) electrons. The molecule has 0 aliphatic heterocycles. The second-order valence-electron chi connectivity index (χ2n) is 3.80. The number of benzene rings is 1. The van der Waals surface area contributed by atoms with Gasteiger partial charge in [0.1, 0.15) is 6.61 Å². The van der Waals surface area contributed by atoms with Gasteiger partial charge in [-0.1, -0.05) is 11.6 Å². The summed E-state index contributed by atoms with van der Waals surface area (Å²) in [4.78, 5) is 22.3. The van der Waals surface area contributed by atoms with Crippen LogP contribution < -0.4 is 5.32 Å². The van der Waals surface area contributed by atoms with Crippen LogP contribution in [0.3, 0.4) is 0 Å². The minimum atomic E-state index is -1.12. The van der Waals surface area contributed by atoms with Gasteiger partial charge in [-0.05, 0) is 25.1 Å². The minimum Gasteiger partial charge on any atom is -0.478 e. The summed E-state index contributed by atoms with van der Waals surface area (Å²) in [5.41, 5.74) is 0.399. The van der Waals surface area contributed by atoms with Crippen molar-refractivity contribution >= 4 is 29.2 Å². The smallest absolute Gasteiger partial charge is 0.337 e. The molecule has 0 heterocycles. The van der Waals surface area contributed by atoms with Gasteiger partial charge in [0.2, 0.25) is 5.91 Å². The van der Waals surface area contributed by atoms with Gasteiger partial charge < -0.3 is 19.9 Å². The maximum atomic E-state index is 11.5. The van der Waals surface area contributed by atoms with E-state index in [4.69, 9.17) is 26.2 Å². The molecule has 1 amide bonds. The number of hydrogen-bond donors (Lipinski definition) is 2. The standard InChI is InChI=1S/C13H16ClNO5/c1-2-19-5-6-20-8-12(16)15-9-3-4-10(13(17)18)11(14)7-9/h3-4,7H,2,5-6,8H2,1H3,(H,15,16)(H,17,18). The fourth-order valence-electron chi connectivity index (χ4n) is 1.39. The number of halogens is 1. The molecule has 110 valence electrons. The van der Waals surface area contributed by atoms with Crippen molar-refractivity contribution in [2.75, 3.05) is 31.7 Å². The molecule has 6 nitrogen and oxygen atoms in total. The summed E-state index contributed by atoms with van der Waals surface area (Å²) in [6.45, 7) is 3.13. The number of carboxylic acids is 1. The van der Waals surface area contributed by atoms with Crippen LogP contribution in [0.25, 0.3) is 0 Å². The second-order valence-corrected chi connectivity index (χ2v) is 4.20. The molecule has 0 fully saturated rings. The zero-order valence-electron chi connectivity index (χ0n) is 11.0. The normalized spacial score (nSPS) is 10.3. The Bertz CT molecular complexity index is 478. The predicted molar refractivity (Wildman–Crippen MR) is 74.4 cm³/mol. The van der Waals surface area contributed by atoms with Crippen LogP contribution in [0.1, 0.15) is 17.3 Å². The van der Waals surface area contributed by atoms with Gasteiger partial charge in [0.05, 0.1) is 23.8 Å². The number of anilines is 1. The molecule has 0 saturated heterocycles. The van der Waals surface area contributed by atoms with Crippen LogP contribution in [0.5, 0.6) is 0 Å². The van der Waals surface area contributed by atoms with E-state index >= 15 is 0 Å². The average molecular weight is 302 g/mol. The van der Waals surface area contributed by atoms with Crippen LogP contribution in [0.2, 0.25) is 5.02 Å². The van der Waals surface area contributed by atoms with Crippen LogP contribution in [0.15, 0.2) is 18.2 Å². The van der Waals surface area contributed by atoms with Gasteiger partial charge >= 0.3 is 5.97 Å². The van der Waals surface area contributed by atoms with Crippen molar-refractivity contribution in [1.29, 1.82) is 0 Å². The monoisotopic (exact) mass is 301 g/mol. The Morgan fingerprint density at radius 3 is 2.60 bits per heavy atom. The highest BCUT2D eigenvalue weighted by molar-refractivity contribution is 6.33. The van der Waals surface area contributed by atoms with Gasteiger partial charge in [0, 0.05) is 12.3 Å². The number of nitrogens with one attached hydrogen (secondary N) is 1. The highest BCUT2D eigenvalue weighted by Gasteiger charge is 2.10. The maximum absolute atomic E-state index is 11.5. The summed E-state index contributed by atoms with van der Waals surface area (Å²) in [5.74, 6) is -1.47. The SMILES string of the molecule is CCOCCOCC(=O)Nc1ccc(C(=O)O)c(Cl)c1. The lowest BCUT2D eigenvalue weighted by Crippen LogP contribution is -2.19. The number of rotatable bonds is 8. The molecule has 0 aliphatic carbocycles. The molecule has 0 aromatic heterocycles. The third kappa shape index (κ3) is 5.56. The molecule has 0 spiro atoms. The maximum Gasteiger partial charge on any atom is 0.337 e. The molecule has 0 bridgehead atoms. The molecule has 20 heavy (non-hydrogen) atoms. The number of ether oxygens (including phenoxy) is 2. The zero-order valence-corrected chi connectivity index (χ0v) is 11.8. The Balaban J connectivity index is 2.42. The average Bonchev–Trinajstić information content (AvgIpc) is 2.38. The molecule has 0 aliphatic rings. The first-order valence-corrected chi connectivity index (χ1v) is 6.40. The van der Waals surface area contributed by atoms with E-state index in [0.29, 0.717) is 25.5 Å². The molecule has 0 atom stereocenters. The first kappa shape index (κ1) is 16.4. The Morgan fingerprint density at radius 1 is 1.30 bits per heavy atom. The third-order valence-electron chi connectivity index (χ3n) is 2.29. The lowest BCUT2D eigenvalue weighted by Gasteiger charge is -2.07. The molecule has 1 aromatic carbocycles. The van der Waals surface area contributed by atoms with Crippen molar-refractivity contribution in [3.8, 4) is 0 Å². The largest absolute Gasteiger partial charge is 0.478 e. The molecule has 1 aromatic rings. The quantitative estimate of drug-likeness (QED) is 0.718. The molecule has 1 rings (SSSR count). The Morgan fingerprint density at radius 2 is 2.00 bits per heavy atom. The highest BCUT2D eigenvalue weighted by atomic mass is 35.5. The van der Waals surface area contributed by atoms with Gasteiger partial charge in [-0.25, -0.2) is 4.79 Å². The van der Waals surface area contributed by atoms with Gasteiger partial charge in [-0.2, -0.15) is 0 Å². The van der Waals surface area contributed by atoms with Crippen LogP contribution in [0.4, 0.5) is 5.69 Å². The van der Waals surface area contributed by atoms with Crippen molar-refractivity contribution in [3.63, 3.8) is 0 Å². The van der Waals surface area contributed by atoms with E-state index in [-0.39, 0.29) is 23.1 Å². The first-order valence-electron chi connectivity index (χ1n) is 6.02. The van der Waals surface area contributed by atoms with Crippen LogP contribution in [-0.4, -0.2) is 43.4 Å². The summed E-state index contributed by atoms with van der Waals surface area (Å²) < 4.78 is 10.2. The van der Waals surface area contributed by atoms with Crippen molar-refractivity contribution in [3.05, 3.63) is 28.8 Å².